The fraction of sp³-hybridized carbons (Fsp3) is 0.562. The number of aliphatic carboxylic acids is 1. The number of carbonyl (C=O) groups excluding carboxylic acids is 2. The van der Waals surface area contributed by atoms with Crippen molar-refractivity contribution in [3.8, 4) is 0 Å². The minimum Gasteiger partial charge on any atom is -0.480 e. The van der Waals surface area contributed by atoms with Gasteiger partial charge in [0.15, 0.2) is 6.10 Å². The maximum atomic E-state index is 12.6. The minimum atomic E-state index is -4.76. The zero-order chi connectivity index (χ0) is 44.9. The highest BCUT2D eigenvalue weighted by atomic mass is 31.2. The van der Waals surface area contributed by atoms with Gasteiger partial charge in [-0.1, -0.05) is 136 Å². The number of ether oxygens (including phenoxy) is 2. The van der Waals surface area contributed by atoms with Gasteiger partial charge in [0.05, 0.1) is 13.2 Å². The minimum absolute atomic E-state index is 0.0531. The van der Waals surface area contributed by atoms with E-state index in [9.17, 15) is 23.8 Å². The number of nitrogens with two attached hydrogens (primary N) is 1. The first-order valence-electron chi connectivity index (χ1n) is 22.0. The van der Waals surface area contributed by atoms with Crippen LogP contribution in [0.25, 0.3) is 0 Å². The van der Waals surface area contributed by atoms with E-state index in [1.807, 2.05) is 24.3 Å². The summed E-state index contributed by atoms with van der Waals surface area (Å²) in [5.41, 5.74) is 5.32. The van der Waals surface area contributed by atoms with Gasteiger partial charge in [-0.25, -0.2) is 4.57 Å². The third kappa shape index (κ3) is 42.6. The number of hydrogen-bond acceptors (Lipinski definition) is 10. The molecule has 0 heterocycles. The molecule has 0 bridgehead atoms. The summed E-state index contributed by atoms with van der Waals surface area (Å²) >= 11 is 0. The second-order valence-electron chi connectivity index (χ2n) is 14.2. The highest BCUT2D eigenvalue weighted by Crippen LogP contribution is 2.43. The molecule has 344 valence electrons. The van der Waals surface area contributed by atoms with Gasteiger partial charge in [0.2, 0.25) is 0 Å². The number of rotatable bonds is 40. The largest absolute Gasteiger partial charge is 0.480 e. The molecular formula is C48H76NO11P. The summed E-state index contributed by atoms with van der Waals surface area (Å²) < 4.78 is 32.5. The van der Waals surface area contributed by atoms with Crippen molar-refractivity contribution in [2.45, 2.75) is 147 Å². The summed E-state index contributed by atoms with van der Waals surface area (Å²) in [5, 5.41) is 17.7. The van der Waals surface area contributed by atoms with Crippen molar-refractivity contribution in [1.29, 1.82) is 0 Å². The molecule has 12 nitrogen and oxygen atoms in total. The van der Waals surface area contributed by atoms with Crippen LogP contribution in [0.4, 0.5) is 0 Å². The van der Waals surface area contributed by atoms with Crippen LogP contribution in [-0.2, 0) is 37.5 Å². The van der Waals surface area contributed by atoms with Crippen LogP contribution in [0, 0.1) is 0 Å². The standard InChI is InChI=1S/C48H76NO11P/c1-2-3-4-5-6-7-8-9-10-11-12-14-17-20-23-26-29-32-35-38-46(51)57-41-44(42-58-61(55,56)59-43-45(49)48(53)54)60-47(52)39-36-33-30-27-24-21-18-15-13-16-19-22-25-28-31-34-37-40-50/h6-7,9-10,12-14,16,18,20-23,25,27,29-30,32,44-45,50H,2-5,8,11,15,17,19,24,26,28,31,33-43,49H2,1H3,(H,53,54)(H,55,56)/b7-6-,10-9-,14-12-,16-13-,21-18-,23-20-,25-22-,30-27-,32-29-/t44-,45+/m1/s1. The third-order valence-electron chi connectivity index (χ3n) is 8.56. The summed E-state index contributed by atoms with van der Waals surface area (Å²) in [4.78, 5) is 45.9. The normalized spacial score (nSPS) is 14.7. The van der Waals surface area contributed by atoms with Crippen LogP contribution < -0.4 is 5.73 Å². The summed E-state index contributed by atoms with van der Waals surface area (Å²) in [6.45, 7) is 0.623. The van der Waals surface area contributed by atoms with E-state index in [-0.39, 0.29) is 19.4 Å². The van der Waals surface area contributed by atoms with E-state index in [4.69, 9.17) is 29.9 Å². The number of hydrogen-bond donors (Lipinski definition) is 4. The number of aliphatic hydroxyl groups excluding tert-OH is 1. The number of carboxylic acids is 1. The van der Waals surface area contributed by atoms with Crippen molar-refractivity contribution in [2.75, 3.05) is 26.4 Å². The predicted molar refractivity (Wildman–Crippen MR) is 246 cm³/mol. The molecular weight excluding hydrogens is 797 g/mol. The molecule has 0 saturated carbocycles. The number of carbonyl (C=O) groups is 3. The fourth-order valence-electron chi connectivity index (χ4n) is 5.08. The Kier molecular flexibility index (Phi) is 40.0. The Morgan fingerprint density at radius 1 is 0.541 bits per heavy atom. The Balaban J connectivity index is 4.59. The first-order valence-corrected chi connectivity index (χ1v) is 23.5. The zero-order valence-corrected chi connectivity index (χ0v) is 37.5. The molecule has 0 aliphatic rings. The van der Waals surface area contributed by atoms with Crippen molar-refractivity contribution in [1.82, 2.24) is 0 Å². The van der Waals surface area contributed by atoms with Crippen LogP contribution in [0.3, 0.4) is 0 Å². The first kappa shape index (κ1) is 57.1. The second-order valence-corrected chi connectivity index (χ2v) is 15.6. The predicted octanol–water partition coefficient (Wildman–Crippen LogP) is 10.8. The van der Waals surface area contributed by atoms with Crippen LogP contribution in [0.5, 0.6) is 0 Å². The molecule has 0 aliphatic heterocycles. The van der Waals surface area contributed by atoms with Gasteiger partial charge in [0, 0.05) is 19.4 Å². The number of esters is 2. The lowest BCUT2D eigenvalue weighted by molar-refractivity contribution is -0.161. The highest BCUT2D eigenvalue weighted by molar-refractivity contribution is 7.47. The number of unbranched alkanes of at least 4 members (excludes halogenated alkanes) is 7. The molecule has 5 N–H and O–H groups in total. The van der Waals surface area contributed by atoms with Crippen molar-refractivity contribution in [2.24, 2.45) is 5.73 Å². The Hall–Kier alpha value is -3.90. The zero-order valence-electron chi connectivity index (χ0n) is 36.6. The average Bonchev–Trinajstić information content (AvgIpc) is 3.24. The summed E-state index contributed by atoms with van der Waals surface area (Å²) in [5.74, 6) is -2.59. The molecule has 61 heavy (non-hydrogen) atoms. The molecule has 0 aromatic heterocycles. The van der Waals surface area contributed by atoms with Gasteiger partial charge < -0.3 is 30.3 Å². The Morgan fingerprint density at radius 2 is 0.967 bits per heavy atom. The van der Waals surface area contributed by atoms with Crippen molar-refractivity contribution >= 4 is 25.7 Å². The monoisotopic (exact) mass is 874 g/mol. The van der Waals surface area contributed by atoms with E-state index in [1.54, 1.807) is 0 Å². The number of phosphoric acid groups is 1. The van der Waals surface area contributed by atoms with Crippen LogP contribution in [-0.4, -0.2) is 71.6 Å². The van der Waals surface area contributed by atoms with Gasteiger partial charge in [0.1, 0.15) is 12.6 Å². The molecule has 0 aromatic carbocycles. The molecule has 0 rings (SSSR count). The SMILES string of the molecule is CCCCC/C=C\C/C=C\C/C=C\C/C=C\C/C=C\CCC(=O)OC[C@H](COP(=O)(O)OC[C@H](N)C(=O)O)OC(=O)CCC/C=C\C/C=C\C/C=C\C/C=C\CCCCCO. The quantitative estimate of drug-likeness (QED) is 0.0197. The van der Waals surface area contributed by atoms with E-state index < -0.39 is 57.7 Å². The Bertz CT molecular complexity index is 1440. The number of phosphoric ester groups is 1. The van der Waals surface area contributed by atoms with Gasteiger partial charge in [-0.15, -0.1) is 0 Å². The van der Waals surface area contributed by atoms with E-state index >= 15 is 0 Å². The molecule has 0 saturated heterocycles. The maximum absolute atomic E-state index is 12.6. The molecule has 0 aromatic rings. The van der Waals surface area contributed by atoms with E-state index in [0.29, 0.717) is 19.3 Å². The lowest BCUT2D eigenvalue weighted by Crippen LogP contribution is -2.34. The van der Waals surface area contributed by atoms with Crippen LogP contribution in [0.2, 0.25) is 0 Å². The highest BCUT2D eigenvalue weighted by Gasteiger charge is 2.28. The molecule has 0 amide bonds. The molecule has 13 heteroatoms. The van der Waals surface area contributed by atoms with Gasteiger partial charge in [-0.3, -0.25) is 23.4 Å². The van der Waals surface area contributed by atoms with E-state index in [2.05, 4.69) is 96.5 Å². The molecule has 0 fully saturated rings. The lowest BCUT2D eigenvalue weighted by Gasteiger charge is -2.20. The van der Waals surface area contributed by atoms with Gasteiger partial charge >= 0.3 is 25.7 Å². The second kappa shape index (κ2) is 42.8. The molecule has 0 radical (unpaired) electrons. The number of carboxylic acid groups (broad SMARTS) is 1. The average molecular weight is 874 g/mol. The van der Waals surface area contributed by atoms with Gasteiger partial charge in [-0.05, 0) is 96.3 Å². The molecule has 0 aliphatic carbocycles. The lowest BCUT2D eigenvalue weighted by atomic mass is 10.2. The summed E-state index contributed by atoms with van der Waals surface area (Å²) in [6, 6.07) is -1.55. The first-order chi connectivity index (χ1) is 29.6. The van der Waals surface area contributed by atoms with Gasteiger partial charge in [-0.2, -0.15) is 0 Å². The molecule has 1 unspecified atom stereocenters. The molecule has 3 atom stereocenters. The Morgan fingerprint density at radius 3 is 1.43 bits per heavy atom. The van der Waals surface area contributed by atoms with Crippen LogP contribution in [0.1, 0.15) is 135 Å². The van der Waals surface area contributed by atoms with Crippen molar-refractivity contribution < 1.29 is 52.6 Å². The number of aliphatic hydroxyl groups is 1. The number of allylic oxidation sites excluding steroid dienone is 18. The van der Waals surface area contributed by atoms with Crippen LogP contribution in [0.15, 0.2) is 109 Å². The van der Waals surface area contributed by atoms with Crippen LogP contribution >= 0.6 is 7.82 Å². The topological polar surface area (TPSA) is 192 Å². The maximum Gasteiger partial charge on any atom is 0.472 e. The Labute approximate surface area is 366 Å². The van der Waals surface area contributed by atoms with Crippen molar-refractivity contribution in [3.05, 3.63) is 109 Å². The van der Waals surface area contributed by atoms with E-state index in [0.717, 1.165) is 77.0 Å². The van der Waals surface area contributed by atoms with E-state index in [1.165, 1.54) is 19.3 Å². The summed E-state index contributed by atoms with van der Waals surface area (Å²) in [7, 11) is -4.76. The fourth-order valence-corrected chi connectivity index (χ4v) is 5.85. The molecule has 0 spiro atoms. The smallest absolute Gasteiger partial charge is 0.472 e. The summed E-state index contributed by atoms with van der Waals surface area (Å²) in [6.07, 6.45) is 53.3. The third-order valence-corrected chi connectivity index (χ3v) is 9.51. The van der Waals surface area contributed by atoms with Crippen molar-refractivity contribution in [3.63, 3.8) is 0 Å². The van der Waals surface area contributed by atoms with Gasteiger partial charge in [0.25, 0.3) is 0 Å².